The van der Waals surface area contributed by atoms with Crippen LogP contribution in [-0.4, -0.2) is 18.7 Å². The molecule has 1 unspecified atom stereocenters. The van der Waals surface area contributed by atoms with Crippen molar-refractivity contribution >= 4 is 11.4 Å². The van der Waals surface area contributed by atoms with E-state index in [0.29, 0.717) is 11.7 Å². The summed E-state index contributed by atoms with van der Waals surface area (Å²) in [4.78, 5) is 2.17. The standard InChI is InChI=1S/C15H25FN2O/c1-6-11(5)18(7-2)14-9-15(19-10(3)4)12(16)8-13(14)17/h8-11H,6-7,17H2,1-5H3. The molecular formula is C15H25FN2O. The van der Waals surface area contributed by atoms with Crippen LogP contribution in [0.4, 0.5) is 15.8 Å². The number of anilines is 2. The molecule has 0 aliphatic rings. The van der Waals surface area contributed by atoms with Gasteiger partial charge in [0.15, 0.2) is 11.6 Å². The molecule has 1 rings (SSSR count). The van der Waals surface area contributed by atoms with Crippen LogP contribution in [0.25, 0.3) is 0 Å². The number of nitrogens with two attached hydrogens (primary N) is 1. The maximum Gasteiger partial charge on any atom is 0.167 e. The van der Waals surface area contributed by atoms with Gasteiger partial charge in [-0.3, -0.25) is 0 Å². The Kier molecular flexibility index (Phi) is 5.45. The quantitative estimate of drug-likeness (QED) is 0.797. The zero-order valence-corrected chi connectivity index (χ0v) is 12.5. The molecule has 1 aromatic rings. The molecule has 1 aromatic carbocycles. The van der Waals surface area contributed by atoms with Crippen molar-refractivity contribution in [2.45, 2.75) is 53.2 Å². The molecule has 0 aliphatic heterocycles. The molecule has 0 heterocycles. The van der Waals surface area contributed by atoms with Crippen molar-refractivity contribution < 1.29 is 9.13 Å². The fraction of sp³-hybridized carbons (Fsp3) is 0.600. The number of ether oxygens (including phenoxy) is 1. The molecule has 0 amide bonds. The third-order valence-electron chi connectivity index (χ3n) is 3.22. The fourth-order valence-electron chi connectivity index (χ4n) is 2.09. The lowest BCUT2D eigenvalue weighted by Gasteiger charge is -2.31. The second kappa shape index (κ2) is 6.64. The average molecular weight is 268 g/mol. The number of hydrogen-bond acceptors (Lipinski definition) is 3. The average Bonchev–Trinajstić information content (AvgIpc) is 2.34. The Morgan fingerprint density at radius 3 is 2.37 bits per heavy atom. The molecule has 0 radical (unpaired) electrons. The molecule has 0 saturated carbocycles. The first-order chi connectivity index (χ1) is 8.90. The second-order valence-corrected chi connectivity index (χ2v) is 5.05. The molecule has 0 aromatic heterocycles. The van der Waals surface area contributed by atoms with E-state index in [2.05, 4.69) is 25.7 Å². The van der Waals surface area contributed by atoms with Crippen molar-refractivity contribution in [1.82, 2.24) is 0 Å². The van der Waals surface area contributed by atoms with Crippen molar-refractivity contribution in [3.63, 3.8) is 0 Å². The Morgan fingerprint density at radius 2 is 1.89 bits per heavy atom. The Balaban J connectivity index is 3.18. The fourth-order valence-corrected chi connectivity index (χ4v) is 2.09. The van der Waals surface area contributed by atoms with Crippen molar-refractivity contribution in [3.8, 4) is 5.75 Å². The van der Waals surface area contributed by atoms with Crippen LogP contribution in [0.3, 0.4) is 0 Å². The Labute approximate surface area is 115 Å². The van der Waals surface area contributed by atoms with E-state index >= 15 is 0 Å². The highest BCUT2D eigenvalue weighted by molar-refractivity contribution is 5.70. The summed E-state index contributed by atoms with van der Waals surface area (Å²) in [5.74, 6) is -0.142. The molecule has 0 bridgehead atoms. The van der Waals surface area contributed by atoms with Crippen molar-refractivity contribution in [2.24, 2.45) is 0 Å². The van der Waals surface area contributed by atoms with Gasteiger partial charge >= 0.3 is 0 Å². The van der Waals surface area contributed by atoms with Crippen molar-refractivity contribution in [1.29, 1.82) is 0 Å². The van der Waals surface area contributed by atoms with Gasteiger partial charge < -0.3 is 15.4 Å². The molecular weight excluding hydrogens is 243 g/mol. The van der Waals surface area contributed by atoms with Crippen LogP contribution >= 0.6 is 0 Å². The molecule has 0 spiro atoms. The first kappa shape index (κ1) is 15.6. The van der Waals surface area contributed by atoms with Crippen LogP contribution in [-0.2, 0) is 0 Å². The normalized spacial score (nSPS) is 12.6. The molecule has 2 N–H and O–H groups in total. The van der Waals surface area contributed by atoms with Crippen molar-refractivity contribution in [2.75, 3.05) is 17.2 Å². The van der Waals surface area contributed by atoms with Gasteiger partial charge in [-0.25, -0.2) is 4.39 Å². The number of rotatable bonds is 6. The zero-order chi connectivity index (χ0) is 14.6. The SMILES string of the molecule is CCC(C)N(CC)c1cc(OC(C)C)c(F)cc1N. The summed E-state index contributed by atoms with van der Waals surface area (Å²) in [6.07, 6.45) is 0.940. The lowest BCUT2D eigenvalue weighted by molar-refractivity contribution is 0.231. The maximum absolute atomic E-state index is 13.8. The van der Waals surface area contributed by atoms with Crippen molar-refractivity contribution in [3.05, 3.63) is 17.9 Å². The van der Waals surface area contributed by atoms with E-state index in [1.54, 1.807) is 6.07 Å². The highest BCUT2D eigenvalue weighted by Crippen LogP contribution is 2.33. The van der Waals surface area contributed by atoms with E-state index in [0.717, 1.165) is 18.7 Å². The summed E-state index contributed by atoms with van der Waals surface area (Å²) in [5, 5.41) is 0. The minimum absolute atomic E-state index is 0.0651. The van der Waals surface area contributed by atoms with E-state index in [1.165, 1.54) is 6.07 Å². The maximum atomic E-state index is 13.8. The first-order valence-electron chi connectivity index (χ1n) is 6.92. The summed E-state index contributed by atoms with van der Waals surface area (Å²) < 4.78 is 19.3. The van der Waals surface area contributed by atoms with Crippen LogP contribution < -0.4 is 15.4 Å². The monoisotopic (exact) mass is 268 g/mol. The zero-order valence-electron chi connectivity index (χ0n) is 12.5. The summed E-state index contributed by atoms with van der Waals surface area (Å²) in [6, 6.07) is 3.41. The Bertz CT molecular complexity index is 421. The van der Waals surface area contributed by atoms with E-state index in [4.69, 9.17) is 10.5 Å². The molecule has 4 heteroatoms. The van der Waals surface area contributed by atoms with Crippen LogP contribution in [0.1, 0.15) is 41.0 Å². The predicted molar refractivity (Wildman–Crippen MR) is 79.3 cm³/mol. The minimum atomic E-state index is -0.407. The highest BCUT2D eigenvalue weighted by Gasteiger charge is 2.17. The number of nitrogen functional groups attached to an aromatic ring is 1. The third-order valence-corrected chi connectivity index (χ3v) is 3.22. The van der Waals surface area contributed by atoms with Gasteiger partial charge in [0, 0.05) is 24.7 Å². The molecule has 3 nitrogen and oxygen atoms in total. The molecule has 0 fully saturated rings. The molecule has 108 valence electrons. The molecule has 0 saturated heterocycles. The summed E-state index contributed by atoms with van der Waals surface area (Å²) in [6.45, 7) is 10.9. The smallest absolute Gasteiger partial charge is 0.167 e. The number of hydrogen-bond donors (Lipinski definition) is 1. The summed E-state index contributed by atoms with van der Waals surface area (Å²) in [5.41, 5.74) is 7.25. The van der Waals surface area contributed by atoms with Crippen LogP contribution in [0.5, 0.6) is 5.75 Å². The van der Waals surface area contributed by atoms with Gasteiger partial charge in [-0.1, -0.05) is 6.92 Å². The van der Waals surface area contributed by atoms with Crippen LogP contribution in [0.2, 0.25) is 0 Å². The largest absolute Gasteiger partial charge is 0.488 e. The lowest BCUT2D eigenvalue weighted by Crippen LogP contribution is -2.33. The first-order valence-corrected chi connectivity index (χ1v) is 6.92. The van der Waals surface area contributed by atoms with Gasteiger partial charge in [0.05, 0.1) is 17.5 Å². The number of halogens is 1. The number of benzene rings is 1. The van der Waals surface area contributed by atoms with Gasteiger partial charge in [-0.2, -0.15) is 0 Å². The van der Waals surface area contributed by atoms with Crippen LogP contribution in [0, 0.1) is 5.82 Å². The van der Waals surface area contributed by atoms with Gasteiger partial charge in [0.1, 0.15) is 0 Å². The van der Waals surface area contributed by atoms with Gasteiger partial charge in [0.25, 0.3) is 0 Å². The third kappa shape index (κ3) is 3.75. The van der Waals surface area contributed by atoms with Crippen LogP contribution in [0.15, 0.2) is 12.1 Å². The van der Waals surface area contributed by atoms with Gasteiger partial charge in [0.2, 0.25) is 0 Å². The molecule has 19 heavy (non-hydrogen) atoms. The Morgan fingerprint density at radius 1 is 1.26 bits per heavy atom. The topological polar surface area (TPSA) is 38.5 Å². The summed E-state index contributed by atoms with van der Waals surface area (Å²) >= 11 is 0. The van der Waals surface area contributed by atoms with E-state index in [-0.39, 0.29) is 11.9 Å². The van der Waals surface area contributed by atoms with E-state index in [9.17, 15) is 4.39 Å². The summed E-state index contributed by atoms with van der Waals surface area (Å²) in [7, 11) is 0. The molecule has 1 atom stereocenters. The lowest BCUT2D eigenvalue weighted by atomic mass is 10.1. The van der Waals surface area contributed by atoms with E-state index < -0.39 is 5.82 Å². The molecule has 0 aliphatic carbocycles. The highest BCUT2D eigenvalue weighted by atomic mass is 19.1. The number of nitrogens with zero attached hydrogens (tertiary/aromatic N) is 1. The minimum Gasteiger partial charge on any atom is -0.488 e. The van der Waals surface area contributed by atoms with E-state index in [1.807, 2.05) is 13.8 Å². The Hall–Kier alpha value is -1.45. The second-order valence-electron chi connectivity index (χ2n) is 5.05. The van der Waals surface area contributed by atoms with Gasteiger partial charge in [-0.15, -0.1) is 0 Å². The van der Waals surface area contributed by atoms with Gasteiger partial charge in [-0.05, 0) is 34.1 Å². The predicted octanol–water partition coefficient (Wildman–Crippen LogP) is 3.82.